The number of aryl methyl sites for hydroxylation is 2. The number of carbonyl (C=O) groups is 1. The lowest BCUT2D eigenvalue weighted by molar-refractivity contribution is 0.0750. The average Bonchev–Trinajstić information content (AvgIpc) is 3.31. The quantitative estimate of drug-likeness (QED) is 0.710. The maximum Gasteiger partial charge on any atom is 0.266 e. The molecular formula is C18H20N6OS. The minimum atomic E-state index is 0.0630. The summed E-state index contributed by atoms with van der Waals surface area (Å²) < 4.78 is 1.93. The normalized spacial score (nSPS) is 14.7. The first-order valence-corrected chi connectivity index (χ1v) is 9.39. The van der Waals surface area contributed by atoms with Crippen molar-refractivity contribution in [1.82, 2.24) is 24.6 Å². The molecule has 0 bridgehead atoms. The molecule has 0 N–H and O–H groups in total. The van der Waals surface area contributed by atoms with E-state index in [9.17, 15) is 4.79 Å². The number of amides is 1. The highest BCUT2D eigenvalue weighted by atomic mass is 32.1. The summed E-state index contributed by atoms with van der Waals surface area (Å²) in [5.41, 5.74) is 1.69. The standard InChI is InChI=1S/C18H20N6OS/c1-13-5-6-15(21-20-13)22-9-11-23(12-10-22)17(25)16-14(2)19-18(26-16)24-7-3-4-8-24/h3-8H,9-12H2,1-2H3. The Bertz CT molecular complexity index is 894. The summed E-state index contributed by atoms with van der Waals surface area (Å²) in [6.07, 6.45) is 3.88. The Morgan fingerprint density at radius 3 is 2.42 bits per heavy atom. The minimum Gasteiger partial charge on any atom is -0.352 e. The van der Waals surface area contributed by atoms with E-state index in [0.717, 1.165) is 40.3 Å². The molecule has 8 heteroatoms. The van der Waals surface area contributed by atoms with Crippen molar-refractivity contribution in [3.63, 3.8) is 0 Å². The Kier molecular flexibility index (Phi) is 4.42. The van der Waals surface area contributed by atoms with Crippen LogP contribution in [0.2, 0.25) is 0 Å². The van der Waals surface area contributed by atoms with Gasteiger partial charge in [0, 0.05) is 38.6 Å². The van der Waals surface area contributed by atoms with Crippen LogP contribution in [0.25, 0.3) is 5.13 Å². The number of carbonyl (C=O) groups excluding carboxylic acids is 1. The fraction of sp³-hybridized carbons (Fsp3) is 0.333. The molecule has 1 aliphatic heterocycles. The second-order valence-corrected chi connectivity index (χ2v) is 7.29. The van der Waals surface area contributed by atoms with E-state index in [0.29, 0.717) is 13.1 Å². The van der Waals surface area contributed by atoms with Crippen LogP contribution in [0.1, 0.15) is 21.1 Å². The van der Waals surface area contributed by atoms with Crippen LogP contribution in [0, 0.1) is 13.8 Å². The lowest BCUT2D eigenvalue weighted by Crippen LogP contribution is -2.49. The maximum atomic E-state index is 12.9. The van der Waals surface area contributed by atoms with E-state index in [4.69, 9.17) is 0 Å². The summed E-state index contributed by atoms with van der Waals surface area (Å²) in [5, 5.41) is 9.17. The molecule has 134 valence electrons. The first kappa shape index (κ1) is 16.7. The summed E-state index contributed by atoms with van der Waals surface area (Å²) in [6.45, 7) is 6.67. The van der Waals surface area contributed by atoms with Crippen molar-refractivity contribution >= 4 is 23.1 Å². The third-order valence-corrected chi connectivity index (χ3v) is 5.64. The van der Waals surface area contributed by atoms with Crippen molar-refractivity contribution in [3.05, 3.63) is 52.9 Å². The predicted octanol–water partition coefficient (Wildman–Crippen LogP) is 2.30. The first-order chi connectivity index (χ1) is 12.6. The summed E-state index contributed by atoms with van der Waals surface area (Å²) >= 11 is 1.44. The van der Waals surface area contributed by atoms with E-state index in [1.54, 1.807) is 0 Å². The zero-order valence-electron chi connectivity index (χ0n) is 14.8. The highest BCUT2D eigenvalue weighted by molar-refractivity contribution is 7.16. The number of nitrogens with zero attached hydrogens (tertiary/aromatic N) is 6. The lowest BCUT2D eigenvalue weighted by Gasteiger charge is -2.35. The smallest absolute Gasteiger partial charge is 0.266 e. The molecule has 1 aliphatic rings. The van der Waals surface area contributed by atoms with Crippen molar-refractivity contribution < 1.29 is 4.79 Å². The van der Waals surface area contributed by atoms with Crippen LogP contribution in [0.5, 0.6) is 0 Å². The number of piperazine rings is 1. The third-order valence-electron chi connectivity index (χ3n) is 4.48. The van der Waals surface area contributed by atoms with Gasteiger partial charge in [-0.2, -0.15) is 5.10 Å². The molecule has 0 aliphatic carbocycles. The number of thiazole rings is 1. The van der Waals surface area contributed by atoms with Gasteiger partial charge in [0.1, 0.15) is 4.88 Å². The van der Waals surface area contributed by atoms with E-state index < -0.39 is 0 Å². The molecule has 1 amide bonds. The van der Waals surface area contributed by atoms with Crippen LogP contribution in [0.15, 0.2) is 36.7 Å². The van der Waals surface area contributed by atoms with E-state index in [2.05, 4.69) is 20.1 Å². The molecule has 0 saturated carbocycles. The topological polar surface area (TPSA) is 67.2 Å². The summed E-state index contributed by atoms with van der Waals surface area (Å²) in [5.74, 6) is 0.930. The average molecular weight is 368 g/mol. The van der Waals surface area contributed by atoms with Gasteiger partial charge in [0.25, 0.3) is 5.91 Å². The van der Waals surface area contributed by atoms with Crippen molar-refractivity contribution in [1.29, 1.82) is 0 Å². The minimum absolute atomic E-state index is 0.0630. The van der Waals surface area contributed by atoms with Crippen LogP contribution in [0.4, 0.5) is 5.82 Å². The second kappa shape index (κ2) is 6.87. The van der Waals surface area contributed by atoms with Gasteiger partial charge in [0.15, 0.2) is 10.9 Å². The Balaban J connectivity index is 1.44. The maximum absolute atomic E-state index is 12.9. The van der Waals surface area contributed by atoms with Crippen LogP contribution in [-0.4, -0.2) is 56.7 Å². The fourth-order valence-corrected chi connectivity index (χ4v) is 4.00. The molecule has 0 spiro atoms. The Labute approximate surface area is 155 Å². The van der Waals surface area contributed by atoms with Gasteiger partial charge in [0.05, 0.1) is 11.4 Å². The zero-order chi connectivity index (χ0) is 18.1. The molecule has 7 nitrogen and oxygen atoms in total. The zero-order valence-corrected chi connectivity index (χ0v) is 15.6. The molecule has 26 heavy (non-hydrogen) atoms. The van der Waals surface area contributed by atoms with Gasteiger partial charge in [-0.15, -0.1) is 5.10 Å². The Hall–Kier alpha value is -2.74. The number of rotatable bonds is 3. The van der Waals surface area contributed by atoms with Crippen molar-refractivity contribution in [3.8, 4) is 5.13 Å². The van der Waals surface area contributed by atoms with Crippen molar-refractivity contribution in [2.75, 3.05) is 31.1 Å². The first-order valence-electron chi connectivity index (χ1n) is 8.57. The summed E-state index contributed by atoms with van der Waals surface area (Å²) in [7, 11) is 0. The fourth-order valence-electron chi connectivity index (χ4n) is 3.00. The van der Waals surface area contributed by atoms with Crippen LogP contribution in [-0.2, 0) is 0 Å². The van der Waals surface area contributed by atoms with E-state index in [1.807, 2.05) is 60.0 Å². The summed E-state index contributed by atoms with van der Waals surface area (Å²) in [6, 6.07) is 7.84. The van der Waals surface area contributed by atoms with Crippen LogP contribution in [0.3, 0.4) is 0 Å². The monoisotopic (exact) mass is 368 g/mol. The van der Waals surface area contributed by atoms with Gasteiger partial charge in [-0.1, -0.05) is 11.3 Å². The SMILES string of the molecule is Cc1ccc(N2CCN(C(=O)c3sc(-n4cccc4)nc3C)CC2)nn1. The van der Waals surface area contributed by atoms with E-state index >= 15 is 0 Å². The molecule has 3 aromatic heterocycles. The van der Waals surface area contributed by atoms with Crippen molar-refractivity contribution in [2.24, 2.45) is 0 Å². The molecule has 0 unspecified atom stereocenters. The molecule has 0 atom stereocenters. The lowest BCUT2D eigenvalue weighted by atomic mass is 10.2. The number of anilines is 1. The summed E-state index contributed by atoms with van der Waals surface area (Å²) in [4.78, 5) is 22.3. The van der Waals surface area contributed by atoms with Gasteiger partial charge in [-0.3, -0.25) is 4.79 Å². The second-order valence-electron chi connectivity index (χ2n) is 6.31. The van der Waals surface area contributed by atoms with Crippen LogP contribution < -0.4 is 4.90 Å². The van der Waals surface area contributed by atoms with Gasteiger partial charge in [0.2, 0.25) is 0 Å². The molecule has 0 radical (unpaired) electrons. The van der Waals surface area contributed by atoms with Crippen LogP contribution >= 0.6 is 11.3 Å². The third kappa shape index (κ3) is 3.20. The highest BCUT2D eigenvalue weighted by Crippen LogP contribution is 2.24. The number of hydrogen-bond donors (Lipinski definition) is 0. The molecule has 4 rings (SSSR count). The molecule has 4 heterocycles. The van der Waals surface area contributed by atoms with Gasteiger partial charge in [-0.25, -0.2) is 4.98 Å². The van der Waals surface area contributed by atoms with Crippen molar-refractivity contribution in [2.45, 2.75) is 13.8 Å². The predicted molar refractivity (Wildman–Crippen MR) is 101 cm³/mol. The molecule has 3 aromatic rings. The Morgan fingerprint density at radius 2 is 1.77 bits per heavy atom. The number of hydrogen-bond acceptors (Lipinski definition) is 6. The highest BCUT2D eigenvalue weighted by Gasteiger charge is 2.26. The van der Waals surface area contributed by atoms with Gasteiger partial charge < -0.3 is 14.4 Å². The molecule has 0 aromatic carbocycles. The van der Waals surface area contributed by atoms with Gasteiger partial charge in [-0.05, 0) is 38.1 Å². The number of aromatic nitrogens is 4. The molecular weight excluding hydrogens is 348 g/mol. The van der Waals surface area contributed by atoms with Gasteiger partial charge >= 0.3 is 0 Å². The molecule has 1 fully saturated rings. The van der Waals surface area contributed by atoms with E-state index in [-0.39, 0.29) is 5.91 Å². The molecule has 1 saturated heterocycles. The Morgan fingerprint density at radius 1 is 1.04 bits per heavy atom. The largest absolute Gasteiger partial charge is 0.352 e. The van der Waals surface area contributed by atoms with E-state index in [1.165, 1.54) is 11.3 Å².